The minimum absolute atomic E-state index is 0.0769. The molecule has 0 aliphatic carbocycles. The summed E-state index contributed by atoms with van der Waals surface area (Å²) >= 11 is 0. The monoisotopic (exact) mass is 217 g/mol. The Morgan fingerprint density at radius 3 is 2.07 bits per heavy atom. The molecule has 0 saturated heterocycles. The minimum atomic E-state index is 0.0769. The van der Waals surface area contributed by atoms with Crippen molar-refractivity contribution in [2.75, 3.05) is 33.0 Å². The molecule has 0 aromatic rings. The van der Waals surface area contributed by atoms with Gasteiger partial charge in [-0.25, -0.2) is 0 Å². The Morgan fingerprint density at radius 1 is 1.00 bits per heavy atom. The van der Waals surface area contributed by atoms with Gasteiger partial charge in [0.2, 0.25) is 0 Å². The summed E-state index contributed by atoms with van der Waals surface area (Å²) in [5.41, 5.74) is 5.35. The molecule has 0 radical (unpaired) electrons. The Balaban J connectivity index is 2.89. The van der Waals surface area contributed by atoms with Crippen LogP contribution >= 0.6 is 0 Å². The number of nitrogens with two attached hydrogens (primary N) is 1. The molecule has 0 unspecified atom stereocenters. The molecule has 0 bridgehead atoms. The van der Waals surface area contributed by atoms with E-state index in [-0.39, 0.29) is 12.4 Å². The summed E-state index contributed by atoms with van der Waals surface area (Å²) in [4.78, 5) is 10.5. The van der Waals surface area contributed by atoms with Crippen molar-refractivity contribution < 1.29 is 14.3 Å². The fraction of sp³-hybridized carbons (Fsp3) is 0.909. The first-order valence-corrected chi connectivity index (χ1v) is 5.62. The lowest BCUT2D eigenvalue weighted by Crippen LogP contribution is -2.06. The lowest BCUT2D eigenvalue weighted by atomic mass is 10.3. The molecule has 0 atom stereocenters. The largest absolute Gasteiger partial charge is 0.381 e. The Bertz CT molecular complexity index is 151. The number of carbonyl (C=O) groups is 1. The molecule has 0 spiro atoms. The van der Waals surface area contributed by atoms with Crippen LogP contribution in [0.4, 0.5) is 0 Å². The Morgan fingerprint density at radius 2 is 1.53 bits per heavy atom. The van der Waals surface area contributed by atoms with Crippen molar-refractivity contribution in [1.82, 2.24) is 0 Å². The molecule has 0 fully saturated rings. The first kappa shape index (κ1) is 14.6. The molecule has 0 amide bonds. The maximum Gasteiger partial charge on any atom is 0.155 e. The van der Waals surface area contributed by atoms with Gasteiger partial charge < -0.3 is 15.2 Å². The van der Waals surface area contributed by atoms with Crippen LogP contribution in [0.5, 0.6) is 0 Å². The van der Waals surface area contributed by atoms with Crippen molar-refractivity contribution in [2.24, 2.45) is 5.73 Å². The third-order valence-corrected chi connectivity index (χ3v) is 1.88. The summed E-state index contributed by atoms with van der Waals surface area (Å²) in [6.07, 6.45) is 4.00. The number of carbonyl (C=O) groups excluding carboxylic acids is 1. The van der Waals surface area contributed by atoms with Crippen LogP contribution in [-0.2, 0) is 14.3 Å². The van der Waals surface area contributed by atoms with E-state index in [9.17, 15) is 4.79 Å². The molecule has 0 aliphatic rings. The molecule has 0 aromatic heterocycles. The van der Waals surface area contributed by atoms with Gasteiger partial charge in [0.15, 0.2) is 5.78 Å². The molecular formula is C11H23NO3. The van der Waals surface area contributed by atoms with Gasteiger partial charge >= 0.3 is 0 Å². The van der Waals surface area contributed by atoms with Crippen LogP contribution in [0.2, 0.25) is 0 Å². The van der Waals surface area contributed by atoms with Crippen molar-refractivity contribution in [3.8, 4) is 0 Å². The van der Waals surface area contributed by atoms with E-state index in [1.807, 2.05) is 0 Å². The fourth-order valence-corrected chi connectivity index (χ4v) is 1.07. The fourth-order valence-electron chi connectivity index (χ4n) is 1.07. The van der Waals surface area contributed by atoms with E-state index in [0.29, 0.717) is 6.61 Å². The van der Waals surface area contributed by atoms with Crippen molar-refractivity contribution >= 4 is 5.78 Å². The van der Waals surface area contributed by atoms with Crippen LogP contribution in [-0.4, -0.2) is 38.8 Å². The first-order chi connectivity index (χ1) is 7.27. The highest BCUT2D eigenvalue weighted by Gasteiger charge is 1.93. The highest BCUT2D eigenvalue weighted by atomic mass is 16.5. The minimum Gasteiger partial charge on any atom is -0.381 e. The number of hydrogen-bond donors (Lipinski definition) is 1. The van der Waals surface area contributed by atoms with Gasteiger partial charge in [-0.05, 0) is 39.2 Å². The average Bonchev–Trinajstić information content (AvgIpc) is 2.20. The SMILES string of the molecule is CC(=O)COCCCCOCCCCN. The Labute approximate surface area is 92.1 Å². The van der Waals surface area contributed by atoms with Crippen LogP contribution in [0.3, 0.4) is 0 Å². The van der Waals surface area contributed by atoms with Gasteiger partial charge in [-0.1, -0.05) is 0 Å². The Hall–Kier alpha value is -0.450. The third-order valence-electron chi connectivity index (χ3n) is 1.88. The number of ether oxygens (including phenoxy) is 2. The number of unbranched alkanes of at least 4 members (excludes halogenated alkanes) is 2. The molecular weight excluding hydrogens is 194 g/mol. The van der Waals surface area contributed by atoms with Crippen LogP contribution < -0.4 is 5.73 Å². The summed E-state index contributed by atoms with van der Waals surface area (Å²) in [6.45, 7) is 4.71. The summed E-state index contributed by atoms with van der Waals surface area (Å²) < 4.78 is 10.5. The van der Waals surface area contributed by atoms with Gasteiger partial charge in [0, 0.05) is 19.8 Å². The quantitative estimate of drug-likeness (QED) is 0.527. The second-order valence-electron chi connectivity index (χ2n) is 3.57. The molecule has 0 rings (SSSR count). The number of Topliss-reactive ketones (excluding diaryl/α,β-unsaturated/α-hetero) is 1. The van der Waals surface area contributed by atoms with Crippen LogP contribution in [0.1, 0.15) is 32.6 Å². The molecule has 0 aromatic carbocycles. The van der Waals surface area contributed by atoms with E-state index < -0.39 is 0 Å². The van der Waals surface area contributed by atoms with Gasteiger partial charge in [0.05, 0.1) is 0 Å². The van der Waals surface area contributed by atoms with E-state index in [1.54, 1.807) is 0 Å². The zero-order valence-corrected chi connectivity index (χ0v) is 9.67. The summed E-state index contributed by atoms with van der Waals surface area (Å²) in [6, 6.07) is 0. The smallest absolute Gasteiger partial charge is 0.155 e. The molecule has 4 nitrogen and oxygen atoms in total. The number of ketones is 1. The van der Waals surface area contributed by atoms with Crippen molar-refractivity contribution in [1.29, 1.82) is 0 Å². The van der Waals surface area contributed by atoms with Crippen molar-refractivity contribution in [3.63, 3.8) is 0 Å². The van der Waals surface area contributed by atoms with Crippen molar-refractivity contribution in [2.45, 2.75) is 32.6 Å². The highest BCUT2D eigenvalue weighted by Crippen LogP contribution is 1.94. The second-order valence-corrected chi connectivity index (χ2v) is 3.57. The molecule has 0 saturated carbocycles. The van der Waals surface area contributed by atoms with Gasteiger partial charge in [-0.15, -0.1) is 0 Å². The van der Waals surface area contributed by atoms with Gasteiger partial charge in [-0.2, -0.15) is 0 Å². The topological polar surface area (TPSA) is 61.5 Å². The molecule has 0 aliphatic heterocycles. The zero-order chi connectivity index (χ0) is 11.4. The zero-order valence-electron chi connectivity index (χ0n) is 9.67. The standard InChI is InChI=1S/C11H23NO3/c1-11(13)10-15-9-5-4-8-14-7-3-2-6-12/h2-10,12H2,1H3. The van der Waals surface area contributed by atoms with Crippen molar-refractivity contribution in [3.05, 3.63) is 0 Å². The summed E-state index contributed by atoms with van der Waals surface area (Å²) in [7, 11) is 0. The molecule has 15 heavy (non-hydrogen) atoms. The summed E-state index contributed by atoms with van der Waals surface area (Å²) in [5, 5.41) is 0. The second kappa shape index (κ2) is 11.6. The van der Waals surface area contributed by atoms with Crippen LogP contribution in [0.25, 0.3) is 0 Å². The summed E-state index contributed by atoms with van der Waals surface area (Å²) in [5.74, 6) is 0.0769. The third kappa shape index (κ3) is 13.6. The first-order valence-electron chi connectivity index (χ1n) is 5.62. The molecule has 0 heterocycles. The van der Waals surface area contributed by atoms with Gasteiger partial charge in [-0.3, -0.25) is 4.79 Å². The number of hydrogen-bond acceptors (Lipinski definition) is 4. The average molecular weight is 217 g/mol. The van der Waals surface area contributed by atoms with Crippen LogP contribution in [0.15, 0.2) is 0 Å². The maximum atomic E-state index is 10.5. The molecule has 4 heteroatoms. The van der Waals surface area contributed by atoms with E-state index in [2.05, 4.69) is 0 Å². The normalized spacial score (nSPS) is 10.5. The van der Waals surface area contributed by atoms with E-state index in [0.717, 1.165) is 45.4 Å². The van der Waals surface area contributed by atoms with Gasteiger partial charge in [0.25, 0.3) is 0 Å². The van der Waals surface area contributed by atoms with Gasteiger partial charge in [0.1, 0.15) is 6.61 Å². The lowest BCUT2D eigenvalue weighted by Gasteiger charge is -2.04. The Kier molecular flexibility index (Phi) is 11.3. The van der Waals surface area contributed by atoms with E-state index >= 15 is 0 Å². The molecule has 90 valence electrons. The predicted octanol–water partition coefficient (Wildman–Crippen LogP) is 1.13. The van der Waals surface area contributed by atoms with Crippen LogP contribution in [0, 0.1) is 0 Å². The molecule has 2 N–H and O–H groups in total. The highest BCUT2D eigenvalue weighted by molar-refractivity contribution is 5.76. The van der Waals surface area contributed by atoms with E-state index in [4.69, 9.17) is 15.2 Å². The van der Waals surface area contributed by atoms with E-state index in [1.165, 1.54) is 6.92 Å². The maximum absolute atomic E-state index is 10.5. The predicted molar refractivity (Wildman–Crippen MR) is 59.8 cm³/mol. The number of rotatable bonds is 11. The lowest BCUT2D eigenvalue weighted by molar-refractivity contribution is -0.121.